The number of alkyl halides is 3. The molecule has 15 heteroatoms. The van der Waals surface area contributed by atoms with Gasteiger partial charge in [0, 0.05) is 35.9 Å². The molecule has 3 aromatic rings. The summed E-state index contributed by atoms with van der Waals surface area (Å²) in [7, 11) is -2.54. The van der Waals surface area contributed by atoms with Gasteiger partial charge in [-0.3, -0.25) is 9.52 Å². The van der Waals surface area contributed by atoms with E-state index in [0.29, 0.717) is 5.02 Å². The number of nitrogens with one attached hydrogen (secondary N) is 2. The van der Waals surface area contributed by atoms with Gasteiger partial charge in [-0.2, -0.15) is 13.2 Å². The molecule has 0 aliphatic carbocycles. The number of anilines is 2. The third-order valence-corrected chi connectivity index (χ3v) is 8.95. The number of aliphatic hydroxyl groups excluding tert-OH is 1. The summed E-state index contributed by atoms with van der Waals surface area (Å²) in [5, 5.41) is 12.8. The molecule has 0 saturated heterocycles. The predicted molar refractivity (Wildman–Crippen MR) is 163 cm³/mol. The number of nitrogens with zero attached hydrogens (tertiary/aromatic N) is 2. The number of aliphatic hydroxyl groups is 1. The maximum atomic E-state index is 13.7. The third-order valence-electron chi connectivity index (χ3n) is 7.30. The van der Waals surface area contributed by atoms with Gasteiger partial charge in [-0.25, -0.2) is 13.2 Å². The van der Waals surface area contributed by atoms with Crippen LogP contribution in [-0.4, -0.2) is 74.2 Å². The monoisotopic (exact) mass is 668 g/mol. The van der Waals surface area contributed by atoms with E-state index in [2.05, 4.69) is 10.0 Å². The Morgan fingerprint density at radius 1 is 1.11 bits per heavy atom. The number of rotatable bonds is 8. The molecular weight excluding hydrogens is 637 g/mol. The molecule has 0 spiro atoms. The van der Waals surface area contributed by atoms with E-state index >= 15 is 0 Å². The first-order valence-electron chi connectivity index (χ1n) is 13.8. The zero-order chi connectivity index (χ0) is 33.1. The zero-order valence-corrected chi connectivity index (χ0v) is 26.1. The molecule has 1 heterocycles. The molecule has 1 aliphatic heterocycles. The minimum atomic E-state index is -4.51. The molecule has 3 aromatic carbocycles. The lowest BCUT2D eigenvalue weighted by atomic mass is 9.99. The average Bonchev–Trinajstić information content (AvgIpc) is 2.98. The lowest BCUT2D eigenvalue weighted by Gasteiger charge is -2.38. The van der Waals surface area contributed by atoms with Crippen molar-refractivity contribution in [3.8, 4) is 5.75 Å². The molecule has 0 fully saturated rings. The van der Waals surface area contributed by atoms with Crippen LogP contribution in [0.4, 0.5) is 29.3 Å². The van der Waals surface area contributed by atoms with E-state index in [0.717, 1.165) is 24.3 Å². The molecule has 45 heavy (non-hydrogen) atoms. The largest absolute Gasteiger partial charge is 0.487 e. The number of carbonyl (C=O) groups is 2. The maximum Gasteiger partial charge on any atom is 0.416 e. The van der Waals surface area contributed by atoms with Crippen LogP contribution in [0.2, 0.25) is 5.02 Å². The van der Waals surface area contributed by atoms with Crippen molar-refractivity contribution in [1.29, 1.82) is 0 Å². The van der Waals surface area contributed by atoms with Crippen molar-refractivity contribution in [3.63, 3.8) is 0 Å². The number of hydrogen-bond acceptors (Lipinski definition) is 6. The number of fused-ring (bicyclic) bond motifs is 1. The first-order valence-corrected chi connectivity index (χ1v) is 15.7. The van der Waals surface area contributed by atoms with Gasteiger partial charge in [-0.05, 0) is 73.7 Å². The molecule has 0 radical (unpaired) electrons. The summed E-state index contributed by atoms with van der Waals surface area (Å²) in [6.07, 6.45) is -5.18. The topological polar surface area (TPSA) is 128 Å². The highest BCUT2D eigenvalue weighted by molar-refractivity contribution is 7.92. The van der Waals surface area contributed by atoms with E-state index in [9.17, 15) is 36.3 Å². The first-order chi connectivity index (χ1) is 21.1. The van der Waals surface area contributed by atoms with Gasteiger partial charge in [-0.15, -0.1) is 0 Å². The van der Waals surface area contributed by atoms with E-state index in [1.165, 1.54) is 59.3 Å². The fraction of sp³-hybridized carbons (Fsp3) is 0.333. The molecule has 0 bridgehead atoms. The summed E-state index contributed by atoms with van der Waals surface area (Å²) >= 11 is 5.87. The normalized spacial score (nSPS) is 17.8. The summed E-state index contributed by atoms with van der Waals surface area (Å²) < 4.78 is 73.3. The van der Waals surface area contributed by atoms with Crippen LogP contribution in [0.1, 0.15) is 29.8 Å². The van der Waals surface area contributed by atoms with Crippen LogP contribution in [0.5, 0.6) is 5.75 Å². The lowest BCUT2D eigenvalue weighted by Crippen LogP contribution is -2.50. The van der Waals surface area contributed by atoms with Crippen LogP contribution in [0.15, 0.2) is 71.6 Å². The van der Waals surface area contributed by atoms with Gasteiger partial charge < -0.3 is 25.0 Å². The van der Waals surface area contributed by atoms with Crippen LogP contribution in [0.3, 0.4) is 0 Å². The van der Waals surface area contributed by atoms with Gasteiger partial charge in [0.15, 0.2) is 0 Å². The Morgan fingerprint density at radius 2 is 1.73 bits per heavy atom. The third kappa shape index (κ3) is 8.18. The van der Waals surface area contributed by atoms with E-state index in [-0.39, 0.29) is 53.2 Å². The molecule has 242 valence electrons. The Balaban J connectivity index is 1.57. The fourth-order valence-corrected chi connectivity index (χ4v) is 5.82. The van der Waals surface area contributed by atoms with Crippen molar-refractivity contribution in [2.75, 3.05) is 36.8 Å². The number of amides is 3. The lowest BCUT2D eigenvalue weighted by molar-refractivity contribution is -0.137. The summed E-state index contributed by atoms with van der Waals surface area (Å²) in [6, 6.07) is 12.6. The molecule has 0 unspecified atom stereocenters. The second-order valence-electron chi connectivity index (χ2n) is 10.8. The number of halogens is 4. The Kier molecular flexibility index (Phi) is 10.2. The van der Waals surface area contributed by atoms with Crippen molar-refractivity contribution in [2.45, 2.75) is 37.1 Å². The highest BCUT2D eigenvalue weighted by atomic mass is 35.5. The Labute approximate surface area is 263 Å². The van der Waals surface area contributed by atoms with Gasteiger partial charge in [0.1, 0.15) is 11.9 Å². The van der Waals surface area contributed by atoms with Crippen LogP contribution < -0.4 is 14.8 Å². The number of sulfonamides is 1. The summed E-state index contributed by atoms with van der Waals surface area (Å²) in [5.41, 5.74) is -0.545. The van der Waals surface area contributed by atoms with Gasteiger partial charge in [0.2, 0.25) is 0 Å². The van der Waals surface area contributed by atoms with Crippen molar-refractivity contribution >= 4 is 44.9 Å². The second-order valence-corrected chi connectivity index (χ2v) is 12.9. The number of benzene rings is 3. The molecule has 3 amide bonds. The van der Waals surface area contributed by atoms with Crippen molar-refractivity contribution in [3.05, 3.63) is 82.9 Å². The Bertz CT molecular complexity index is 1640. The Hall–Kier alpha value is -4.01. The predicted octanol–water partition coefficient (Wildman–Crippen LogP) is 5.54. The molecule has 10 nitrogen and oxygen atoms in total. The minimum absolute atomic E-state index is 0.0214. The van der Waals surface area contributed by atoms with Gasteiger partial charge in [0.25, 0.3) is 15.9 Å². The molecule has 0 aromatic heterocycles. The molecular formula is C30H32ClF3N4O6S. The van der Waals surface area contributed by atoms with E-state index in [4.69, 9.17) is 16.3 Å². The van der Waals surface area contributed by atoms with Crippen LogP contribution in [-0.2, 0) is 16.2 Å². The standard InChI is InChI=1S/C30H32ClF3N4O6S/c1-18-15-38(19(2)17-39)28(40)25-14-23(36-45(42,43)24-11-6-21(31)7-12-24)10-13-26(25)44-27(18)16-37(3)29(41)35-22-8-4-20(5-9-22)30(32,33)34/h4-14,18-19,27,36,39H,15-17H2,1-3H3,(H,35,41)/t18-,19+,27-/m0/s1. The summed E-state index contributed by atoms with van der Waals surface area (Å²) in [6.45, 7) is 3.31. The zero-order valence-electron chi connectivity index (χ0n) is 24.5. The van der Waals surface area contributed by atoms with Crippen molar-refractivity contribution in [2.24, 2.45) is 5.92 Å². The molecule has 3 atom stereocenters. The first kappa shape index (κ1) is 33.9. The van der Waals surface area contributed by atoms with Gasteiger partial charge in [0.05, 0.1) is 35.2 Å². The molecule has 0 saturated carbocycles. The smallest absolute Gasteiger partial charge is 0.416 e. The SMILES string of the molecule is C[C@H](CO)N1C[C@H](C)[C@H](CN(C)C(=O)Nc2ccc(C(F)(F)F)cc2)Oc2ccc(NS(=O)(=O)c3ccc(Cl)cc3)cc2C1=O. The van der Waals surface area contributed by atoms with Crippen molar-refractivity contribution < 1.29 is 41.0 Å². The van der Waals surface area contributed by atoms with Crippen LogP contribution >= 0.6 is 11.6 Å². The number of urea groups is 1. The molecule has 3 N–H and O–H groups in total. The van der Waals surface area contributed by atoms with Gasteiger partial charge in [-0.1, -0.05) is 18.5 Å². The highest BCUT2D eigenvalue weighted by Crippen LogP contribution is 2.32. The Morgan fingerprint density at radius 3 is 2.33 bits per heavy atom. The second kappa shape index (κ2) is 13.5. The number of carbonyl (C=O) groups excluding carboxylic acids is 2. The quantitative estimate of drug-likeness (QED) is 0.289. The van der Waals surface area contributed by atoms with Crippen LogP contribution in [0, 0.1) is 5.92 Å². The molecule has 4 rings (SSSR count). The van der Waals surface area contributed by atoms with E-state index in [1.54, 1.807) is 6.92 Å². The number of likely N-dealkylation sites (N-methyl/N-ethyl adjacent to an activating group) is 1. The minimum Gasteiger partial charge on any atom is -0.487 e. The molecule has 1 aliphatic rings. The fourth-order valence-electron chi connectivity index (χ4n) is 4.65. The van der Waals surface area contributed by atoms with Crippen LogP contribution in [0.25, 0.3) is 0 Å². The highest BCUT2D eigenvalue weighted by Gasteiger charge is 2.35. The summed E-state index contributed by atoms with van der Waals surface area (Å²) in [5.74, 6) is -0.698. The average molecular weight is 669 g/mol. The van der Waals surface area contributed by atoms with E-state index in [1.807, 2.05) is 6.92 Å². The number of ether oxygens (including phenoxy) is 1. The number of hydrogen-bond donors (Lipinski definition) is 3. The van der Waals surface area contributed by atoms with E-state index < -0.39 is 45.8 Å². The van der Waals surface area contributed by atoms with Gasteiger partial charge >= 0.3 is 12.2 Å². The summed E-state index contributed by atoms with van der Waals surface area (Å²) in [4.78, 5) is 29.3. The maximum absolute atomic E-state index is 13.7. The van der Waals surface area contributed by atoms with Crippen molar-refractivity contribution in [1.82, 2.24) is 9.80 Å².